The van der Waals surface area contributed by atoms with Crippen LogP contribution < -0.4 is 0 Å². The number of benzene rings is 1. The van der Waals surface area contributed by atoms with E-state index in [-0.39, 0.29) is 5.91 Å². The molecular weight excluding hydrogens is 344 g/mol. The molecule has 1 aliphatic rings. The van der Waals surface area contributed by atoms with Crippen molar-refractivity contribution in [3.8, 4) is 0 Å². The predicted molar refractivity (Wildman–Crippen MR) is 88.7 cm³/mol. The molecule has 0 atom stereocenters. The van der Waals surface area contributed by atoms with Crippen molar-refractivity contribution in [2.24, 2.45) is 0 Å². The first-order valence-electron chi connectivity index (χ1n) is 7.45. The van der Waals surface area contributed by atoms with Crippen LogP contribution in [0.15, 0.2) is 47.5 Å². The Morgan fingerprint density at radius 3 is 2.68 bits per heavy atom. The van der Waals surface area contributed by atoms with Gasteiger partial charge in [-0.15, -0.1) is 0 Å². The number of hydrogen-bond donors (Lipinski definition) is 0. The second kappa shape index (κ2) is 7.07. The van der Waals surface area contributed by atoms with Crippen LogP contribution in [0, 0.1) is 0 Å². The van der Waals surface area contributed by atoms with E-state index in [9.17, 15) is 4.79 Å². The summed E-state index contributed by atoms with van der Waals surface area (Å²) in [4.78, 5) is 20.9. The van der Waals surface area contributed by atoms with Crippen molar-refractivity contribution < 1.29 is 4.79 Å². The normalized spacial score (nSPS) is 16.0. The molecule has 0 N–H and O–H groups in total. The summed E-state index contributed by atoms with van der Waals surface area (Å²) in [6, 6.07) is 7.59. The van der Waals surface area contributed by atoms with Gasteiger partial charge in [0, 0.05) is 61.7 Å². The lowest BCUT2D eigenvalue weighted by Crippen LogP contribution is -2.49. The standard InChI is InChI=1S/C16H19BrN4O/c17-15-3-1-2-14(12-15)16(22)21-10-8-19(9-11-21)6-7-20-5-4-18-13-20/h1-5,12-13H,6-11H2. The molecule has 1 aromatic heterocycles. The summed E-state index contributed by atoms with van der Waals surface area (Å²) in [6.45, 7) is 5.36. The van der Waals surface area contributed by atoms with E-state index < -0.39 is 0 Å². The van der Waals surface area contributed by atoms with Gasteiger partial charge in [-0.3, -0.25) is 9.69 Å². The van der Waals surface area contributed by atoms with Crippen LogP contribution in [-0.2, 0) is 6.54 Å². The summed E-state index contributed by atoms with van der Waals surface area (Å²) < 4.78 is 3.02. The average Bonchev–Trinajstić information content (AvgIpc) is 3.06. The van der Waals surface area contributed by atoms with E-state index in [1.807, 2.05) is 41.7 Å². The molecule has 0 aliphatic carbocycles. The van der Waals surface area contributed by atoms with Gasteiger partial charge in [-0.1, -0.05) is 22.0 Å². The van der Waals surface area contributed by atoms with Gasteiger partial charge in [0.2, 0.25) is 0 Å². The summed E-state index contributed by atoms with van der Waals surface area (Å²) in [7, 11) is 0. The fourth-order valence-corrected chi connectivity index (χ4v) is 3.05. The Labute approximate surface area is 138 Å². The molecule has 0 radical (unpaired) electrons. The molecule has 116 valence electrons. The van der Waals surface area contributed by atoms with Gasteiger partial charge in [0.25, 0.3) is 5.91 Å². The first kappa shape index (κ1) is 15.2. The number of piperazine rings is 1. The van der Waals surface area contributed by atoms with Gasteiger partial charge >= 0.3 is 0 Å². The summed E-state index contributed by atoms with van der Waals surface area (Å²) >= 11 is 3.42. The lowest BCUT2D eigenvalue weighted by atomic mass is 10.2. The topological polar surface area (TPSA) is 41.4 Å². The third-order valence-corrected chi connectivity index (χ3v) is 4.46. The molecule has 1 aromatic carbocycles. The Morgan fingerprint density at radius 2 is 2.00 bits per heavy atom. The molecule has 3 rings (SSSR count). The highest BCUT2D eigenvalue weighted by atomic mass is 79.9. The van der Waals surface area contributed by atoms with Crippen LogP contribution in [-0.4, -0.2) is 58.0 Å². The van der Waals surface area contributed by atoms with Crippen molar-refractivity contribution in [3.63, 3.8) is 0 Å². The SMILES string of the molecule is O=C(c1cccc(Br)c1)N1CCN(CCn2ccnc2)CC1. The molecule has 2 heterocycles. The minimum Gasteiger partial charge on any atom is -0.336 e. The second-order valence-electron chi connectivity index (χ2n) is 5.44. The lowest BCUT2D eigenvalue weighted by molar-refractivity contribution is 0.0633. The first-order chi connectivity index (χ1) is 10.7. The molecule has 1 saturated heterocycles. The highest BCUT2D eigenvalue weighted by Gasteiger charge is 2.21. The molecule has 0 bridgehead atoms. The van der Waals surface area contributed by atoms with Crippen LogP contribution in [0.4, 0.5) is 0 Å². The third kappa shape index (κ3) is 3.75. The van der Waals surface area contributed by atoms with Crippen LogP contribution in [0.25, 0.3) is 0 Å². The molecule has 2 aromatic rings. The Balaban J connectivity index is 1.50. The minimum absolute atomic E-state index is 0.121. The summed E-state index contributed by atoms with van der Waals surface area (Å²) in [5, 5.41) is 0. The molecule has 1 fully saturated rings. The van der Waals surface area contributed by atoms with Crippen LogP contribution in [0.3, 0.4) is 0 Å². The fraction of sp³-hybridized carbons (Fsp3) is 0.375. The molecule has 1 amide bonds. The molecular formula is C16H19BrN4O. The van der Waals surface area contributed by atoms with Gasteiger partial charge in [-0.25, -0.2) is 4.98 Å². The van der Waals surface area contributed by atoms with E-state index in [1.165, 1.54) is 0 Å². The van der Waals surface area contributed by atoms with Crippen molar-refractivity contribution in [1.82, 2.24) is 19.4 Å². The van der Waals surface area contributed by atoms with Crippen molar-refractivity contribution in [1.29, 1.82) is 0 Å². The summed E-state index contributed by atoms with van der Waals surface area (Å²) in [6.07, 6.45) is 5.62. The second-order valence-corrected chi connectivity index (χ2v) is 6.36. The van der Waals surface area contributed by atoms with Gasteiger partial charge in [-0.2, -0.15) is 0 Å². The molecule has 0 spiro atoms. The van der Waals surface area contributed by atoms with Crippen molar-refractivity contribution in [2.75, 3.05) is 32.7 Å². The van der Waals surface area contributed by atoms with E-state index in [0.717, 1.165) is 49.3 Å². The molecule has 1 aliphatic heterocycles. The Kier molecular flexibility index (Phi) is 4.90. The largest absolute Gasteiger partial charge is 0.336 e. The smallest absolute Gasteiger partial charge is 0.253 e. The fourth-order valence-electron chi connectivity index (χ4n) is 2.65. The van der Waals surface area contributed by atoms with Gasteiger partial charge < -0.3 is 9.47 Å². The van der Waals surface area contributed by atoms with Gasteiger partial charge in [0.1, 0.15) is 0 Å². The highest BCUT2D eigenvalue weighted by molar-refractivity contribution is 9.10. The van der Waals surface area contributed by atoms with E-state index >= 15 is 0 Å². The first-order valence-corrected chi connectivity index (χ1v) is 8.24. The number of carbonyl (C=O) groups is 1. The number of carbonyl (C=O) groups excluding carboxylic acids is 1. The van der Waals surface area contributed by atoms with E-state index in [0.29, 0.717) is 0 Å². The Morgan fingerprint density at radius 1 is 1.18 bits per heavy atom. The van der Waals surface area contributed by atoms with E-state index in [2.05, 4.69) is 30.4 Å². The number of hydrogen-bond acceptors (Lipinski definition) is 3. The maximum atomic E-state index is 12.5. The number of rotatable bonds is 4. The van der Waals surface area contributed by atoms with Crippen LogP contribution in [0.2, 0.25) is 0 Å². The number of nitrogens with zero attached hydrogens (tertiary/aromatic N) is 4. The van der Waals surface area contributed by atoms with Gasteiger partial charge in [-0.05, 0) is 18.2 Å². The Hall–Kier alpha value is -1.66. The molecule has 0 saturated carbocycles. The third-order valence-electron chi connectivity index (χ3n) is 3.96. The average molecular weight is 363 g/mol. The van der Waals surface area contributed by atoms with Crippen molar-refractivity contribution >= 4 is 21.8 Å². The number of halogens is 1. The maximum absolute atomic E-state index is 12.5. The molecule has 22 heavy (non-hydrogen) atoms. The van der Waals surface area contributed by atoms with Gasteiger partial charge in [0.05, 0.1) is 6.33 Å². The molecule has 5 nitrogen and oxygen atoms in total. The zero-order valence-electron chi connectivity index (χ0n) is 12.4. The Bertz CT molecular complexity index is 621. The van der Waals surface area contributed by atoms with Crippen molar-refractivity contribution in [3.05, 3.63) is 53.0 Å². The summed E-state index contributed by atoms with van der Waals surface area (Å²) in [5.74, 6) is 0.121. The van der Waals surface area contributed by atoms with Crippen LogP contribution >= 0.6 is 15.9 Å². The van der Waals surface area contributed by atoms with Gasteiger partial charge in [0.15, 0.2) is 0 Å². The maximum Gasteiger partial charge on any atom is 0.253 e. The highest BCUT2D eigenvalue weighted by Crippen LogP contribution is 2.14. The van der Waals surface area contributed by atoms with Crippen LogP contribution in [0.1, 0.15) is 10.4 Å². The quantitative estimate of drug-likeness (QED) is 0.836. The zero-order valence-corrected chi connectivity index (χ0v) is 13.9. The number of aromatic nitrogens is 2. The monoisotopic (exact) mass is 362 g/mol. The molecule has 6 heteroatoms. The molecule has 0 unspecified atom stereocenters. The summed E-state index contributed by atoms with van der Waals surface area (Å²) in [5.41, 5.74) is 0.751. The predicted octanol–water partition coefficient (Wildman–Crippen LogP) is 2.10. The van der Waals surface area contributed by atoms with E-state index in [1.54, 1.807) is 6.20 Å². The minimum atomic E-state index is 0.121. The van der Waals surface area contributed by atoms with Crippen molar-refractivity contribution in [2.45, 2.75) is 6.54 Å². The zero-order chi connectivity index (χ0) is 15.4. The number of imidazole rings is 1. The van der Waals surface area contributed by atoms with E-state index in [4.69, 9.17) is 0 Å². The lowest BCUT2D eigenvalue weighted by Gasteiger charge is -2.34. The van der Waals surface area contributed by atoms with Crippen LogP contribution in [0.5, 0.6) is 0 Å². The number of amides is 1.